The molecule has 0 aliphatic carbocycles. The van der Waals surface area contributed by atoms with Crippen LogP contribution in [0.15, 0.2) is 39.4 Å². The van der Waals surface area contributed by atoms with Crippen molar-refractivity contribution < 1.29 is 23.8 Å². The Kier molecular flexibility index (Phi) is 5.14. The molecule has 126 valence electrons. The van der Waals surface area contributed by atoms with Crippen molar-refractivity contribution in [3.63, 3.8) is 0 Å². The van der Waals surface area contributed by atoms with E-state index in [-0.39, 0.29) is 45.2 Å². The highest BCUT2D eigenvalue weighted by atomic mass is 79.9. The summed E-state index contributed by atoms with van der Waals surface area (Å²) in [7, 11) is 0. The Bertz CT molecular complexity index is 811. The molecule has 0 saturated heterocycles. The number of hydrogen-bond donors (Lipinski definition) is 2. The van der Waals surface area contributed by atoms with Crippen LogP contribution in [-0.4, -0.2) is 17.7 Å². The van der Waals surface area contributed by atoms with Crippen molar-refractivity contribution in [3.8, 4) is 11.8 Å². The van der Waals surface area contributed by atoms with Crippen LogP contribution in [0.2, 0.25) is 0 Å². The maximum Gasteiger partial charge on any atom is 0.338 e. The first kappa shape index (κ1) is 17.8. The molecule has 2 rings (SSSR count). The Hall–Kier alpha value is -2.53. The minimum absolute atomic E-state index is 0.00937. The molecule has 0 saturated carbocycles. The average molecular weight is 397 g/mol. The lowest BCUT2D eigenvalue weighted by Crippen LogP contribution is -2.26. The highest BCUT2D eigenvalue weighted by molar-refractivity contribution is 9.10. The first-order chi connectivity index (χ1) is 11.3. The Morgan fingerprint density at radius 3 is 2.83 bits per heavy atom. The van der Waals surface area contributed by atoms with E-state index >= 15 is 0 Å². The first-order valence-corrected chi connectivity index (χ1v) is 7.74. The van der Waals surface area contributed by atoms with Gasteiger partial charge in [-0.1, -0.05) is 0 Å². The van der Waals surface area contributed by atoms with Crippen LogP contribution in [0.5, 0.6) is 5.75 Å². The molecule has 1 aromatic carbocycles. The van der Waals surface area contributed by atoms with Crippen LogP contribution in [0.3, 0.4) is 0 Å². The third-order valence-electron chi connectivity index (χ3n) is 3.48. The molecule has 0 radical (unpaired) electrons. The van der Waals surface area contributed by atoms with Crippen molar-refractivity contribution in [2.75, 3.05) is 6.61 Å². The smallest absolute Gasteiger partial charge is 0.338 e. The van der Waals surface area contributed by atoms with Crippen molar-refractivity contribution in [2.45, 2.75) is 19.8 Å². The summed E-state index contributed by atoms with van der Waals surface area (Å²) in [5, 5.41) is 19.0. The lowest BCUT2D eigenvalue weighted by Gasteiger charge is -2.27. The number of rotatable bonds is 3. The van der Waals surface area contributed by atoms with Crippen LogP contribution in [0, 0.1) is 17.1 Å². The number of allylic oxidation sites excluding steroid dienone is 2. The SMILES string of the molecule is CCOC(=O)C1=C(C)OC(N)=C(C#N)C1c1cc(Br)c(O)cc1F. The van der Waals surface area contributed by atoms with Gasteiger partial charge in [-0.15, -0.1) is 0 Å². The van der Waals surface area contributed by atoms with Gasteiger partial charge in [0.2, 0.25) is 5.88 Å². The number of phenols is 1. The third kappa shape index (κ3) is 3.08. The molecule has 8 heteroatoms. The zero-order valence-electron chi connectivity index (χ0n) is 12.9. The quantitative estimate of drug-likeness (QED) is 0.760. The van der Waals surface area contributed by atoms with Gasteiger partial charge in [0.05, 0.1) is 22.6 Å². The maximum atomic E-state index is 14.4. The number of aromatic hydroxyl groups is 1. The lowest BCUT2D eigenvalue weighted by atomic mass is 9.83. The molecule has 24 heavy (non-hydrogen) atoms. The number of hydrogen-bond acceptors (Lipinski definition) is 6. The minimum Gasteiger partial charge on any atom is -0.507 e. The Balaban J connectivity index is 2.72. The number of benzene rings is 1. The van der Waals surface area contributed by atoms with Crippen LogP contribution in [0.1, 0.15) is 25.3 Å². The highest BCUT2D eigenvalue weighted by Crippen LogP contribution is 2.42. The lowest BCUT2D eigenvalue weighted by molar-refractivity contribution is -0.139. The van der Waals surface area contributed by atoms with Gasteiger partial charge >= 0.3 is 5.97 Å². The Labute approximate surface area is 146 Å². The molecule has 1 heterocycles. The van der Waals surface area contributed by atoms with E-state index in [4.69, 9.17) is 15.2 Å². The fourth-order valence-corrected chi connectivity index (χ4v) is 2.80. The number of nitrogens with zero attached hydrogens (tertiary/aromatic N) is 1. The van der Waals surface area contributed by atoms with E-state index in [1.54, 1.807) is 6.92 Å². The summed E-state index contributed by atoms with van der Waals surface area (Å²) in [6.07, 6.45) is 0. The molecule has 0 fully saturated rings. The fraction of sp³-hybridized carbons (Fsp3) is 0.250. The number of nitrogens with two attached hydrogens (primary N) is 1. The van der Waals surface area contributed by atoms with E-state index in [2.05, 4.69) is 15.9 Å². The zero-order valence-corrected chi connectivity index (χ0v) is 14.5. The Morgan fingerprint density at radius 2 is 2.25 bits per heavy atom. The van der Waals surface area contributed by atoms with E-state index in [0.717, 1.165) is 6.07 Å². The average Bonchev–Trinajstić information content (AvgIpc) is 2.50. The summed E-state index contributed by atoms with van der Waals surface area (Å²) in [6, 6.07) is 4.03. The standard InChI is InChI=1S/C16H14BrFN2O4/c1-3-23-16(22)13-7(2)24-15(20)9(6-19)14(13)8-4-10(17)12(21)5-11(8)18/h4-5,14,21H,3,20H2,1-2H3. The second-order valence-electron chi connectivity index (χ2n) is 4.94. The van der Waals surface area contributed by atoms with Crippen LogP contribution in [0.25, 0.3) is 0 Å². The van der Waals surface area contributed by atoms with E-state index in [1.807, 2.05) is 6.07 Å². The number of carbonyl (C=O) groups is 1. The van der Waals surface area contributed by atoms with Crippen molar-refractivity contribution >= 4 is 21.9 Å². The van der Waals surface area contributed by atoms with Crippen molar-refractivity contribution in [1.29, 1.82) is 5.26 Å². The van der Waals surface area contributed by atoms with E-state index in [1.165, 1.54) is 13.0 Å². The van der Waals surface area contributed by atoms with Crippen LogP contribution < -0.4 is 5.73 Å². The molecule has 0 spiro atoms. The summed E-state index contributed by atoms with van der Waals surface area (Å²) in [5.74, 6) is -3.02. The molecular weight excluding hydrogens is 383 g/mol. The summed E-state index contributed by atoms with van der Waals surface area (Å²) < 4.78 is 24.9. The fourth-order valence-electron chi connectivity index (χ4n) is 2.44. The second-order valence-corrected chi connectivity index (χ2v) is 5.79. The topological polar surface area (TPSA) is 106 Å². The number of esters is 1. The molecule has 1 unspecified atom stereocenters. The van der Waals surface area contributed by atoms with Gasteiger partial charge in [0.1, 0.15) is 29.0 Å². The van der Waals surface area contributed by atoms with Crippen molar-refractivity contribution in [3.05, 3.63) is 50.8 Å². The van der Waals surface area contributed by atoms with Gasteiger partial charge in [-0.2, -0.15) is 5.26 Å². The maximum absolute atomic E-state index is 14.4. The molecule has 1 atom stereocenters. The van der Waals surface area contributed by atoms with Gasteiger partial charge in [-0.25, -0.2) is 9.18 Å². The normalized spacial score (nSPS) is 17.4. The second kappa shape index (κ2) is 6.93. The largest absolute Gasteiger partial charge is 0.507 e. The van der Waals surface area contributed by atoms with E-state index in [9.17, 15) is 19.6 Å². The van der Waals surface area contributed by atoms with Gasteiger partial charge in [0, 0.05) is 11.6 Å². The minimum atomic E-state index is -1.10. The third-order valence-corrected chi connectivity index (χ3v) is 4.11. The molecule has 0 bridgehead atoms. The predicted molar refractivity (Wildman–Crippen MR) is 85.8 cm³/mol. The van der Waals surface area contributed by atoms with Crippen LogP contribution >= 0.6 is 15.9 Å². The van der Waals surface area contributed by atoms with E-state index < -0.39 is 17.7 Å². The number of nitriles is 1. The predicted octanol–water partition coefficient (Wildman–Crippen LogP) is 2.94. The summed E-state index contributed by atoms with van der Waals surface area (Å²) in [5.41, 5.74) is 5.59. The van der Waals surface area contributed by atoms with Gasteiger partial charge in [0.15, 0.2) is 0 Å². The van der Waals surface area contributed by atoms with Gasteiger partial charge in [0.25, 0.3) is 0 Å². The zero-order chi connectivity index (χ0) is 18.0. The highest BCUT2D eigenvalue weighted by Gasteiger charge is 2.38. The number of ether oxygens (including phenoxy) is 2. The summed E-state index contributed by atoms with van der Waals surface area (Å²) >= 11 is 3.10. The van der Waals surface area contributed by atoms with Crippen LogP contribution in [-0.2, 0) is 14.3 Å². The number of phenolic OH excluding ortho intramolecular Hbond substituents is 1. The summed E-state index contributed by atoms with van der Waals surface area (Å²) in [6.45, 7) is 3.21. The Morgan fingerprint density at radius 1 is 1.58 bits per heavy atom. The van der Waals surface area contributed by atoms with E-state index in [0.29, 0.717) is 0 Å². The molecule has 1 aliphatic rings. The van der Waals surface area contributed by atoms with Crippen molar-refractivity contribution in [1.82, 2.24) is 0 Å². The molecule has 0 amide bonds. The van der Waals surface area contributed by atoms with Gasteiger partial charge < -0.3 is 20.3 Å². The monoisotopic (exact) mass is 396 g/mol. The number of halogens is 2. The molecule has 1 aromatic rings. The molecular formula is C16H14BrFN2O4. The molecule has 3 N–H and O–H groups in total. The molecule has 1 aliphatic heterocycles. The molecule has 6 nitrogen and oxygen atoms in total. The molecule has 0 aromatic heterocycles. The summed E-state index contributed by atoms with van der Waals surface area (Å²) in [4.78, 5) is 12.3. The van der Waals surface area contributed by atoms with Gasteiger partial charge in [-0.3, -0.25) is 0 Å². The van der Waals surface area contributed by atoms with Gasteiger partial charge in [-0.05, 0) is 35.8 Å². The first-order valence-electron chi connectivity index (χ1n) is 6.95. The van der Waals surface area contributed by atoms with Crippen LogP contribution in [0.4, 0.5) is 4.39 Å². The number of carbonyl (C=O) groups excluding carboxylic acids is 1. The van der Waals surface area contributed by atoms with Crippen molar-refractivity contribution in [2.24, 2.45) is 5.73 Å².